The quantitative estimate of drug-likeness (QED) is 0.232. The van der Waals surface area contributed by atoms with Gasteiger partial charge in [0, 0.05) is 20.6 Å². The molecule has 0 bridgehead atoms. The molecule has 3 aromatic carbocycles. The maximum Gasteiger partial charge on any atom is 0.241 e. The van der Waals surface area contributed by atoms with Gasteiger partial charge in [-0.3, -0.25) is 0 Å². The highest BCUT2D eigenvalue weighted by Crippen LogP contribution is 2.31. The van der Waals surface area contributed by atoms with Gasteiger partial charge in [0.1, 0.15) is 12.2 Å². The van der Waals surface area contributed by atoms with Crippen LogP contribution in [0.2, 0.25) is 0 Å². The molecule has 3 aromatic rings. The second kappa shape index (κ2) is 16.3. The molecule has 0 amide bonds. The van der Waals surface area contributed by atoms with Crippen molar-refractivity contribution in [1.29, 1.82) is 0 Å². The third-order valence-electron chi connectivity index (χ3n) is 6.99. The molecule has 1 aliphatic rings. The lowest BCUT2D eigenvalue weighted by Crippen LogP contribution is -2.32. The van der Waals surface area contributed by atoms with Crippen molar-refractivity contribution < 1.29 is 36.8 Å². The molecule has 1 N–H and O–H groups in total. The van der Waals surface area contributed by atoms with E-state index in [1.165, 1.54) is 0 Å². The Morgan fingerprint density at radius 2 is 1.33 bits per heavy atom. The zero-order valence-electron chi connectivity index (χ0n) is 24.4. The summed E-state index contributed by atoms with van der Waals surface area (Å²) >= 11 is 0. The minimum atomic E-state index is -3.83. The van der Waals surface area contributed by atoms with Gasteiger partial charge >= 0.3 is 0 Å². The lowest BCUT2D eigenvalue weighted by Gasteiger charge is -2.23. The smallest absolute Gasteiger partial charge is 0.241 e. The maximum atomic E-state index is 13.5. The summed E-state index contributed by atoms with van der Waals surface area (Å²) in [5.74, 6) is 0. The van der Waals surface area contributed by atoms with Crippen molar-refractivity contribution >= 4 is 10.0 Å². The normalized spacial score (nSPS) is 18.4. The van der Waals surface area contributed by atoms with Gasteiger partial charge in [0.05, 0.1) is 50.6 Å². The molecule has 0 unspecified atom stereocenters. The summed E-state index contributed by atoms with van der Waals surface area (Å²) in [6.45, 7) is 4.46. The predicted octanol–water partition coefficient (Wildman–Crippen LogP) is 4.04. The summed E-state index contributed by atoms with van der Waals surface area (Å²) in [6.07, 6.45) is -0.809. The lowest BCUT2D eigenvalue weighted by atomic mass is 9.93. The number of rotatable bonds is 17. The summed E-state index contributed by atoms with van der Waals surface area (Å²) in [5.41, 5.74) is 3.53. The Balaban J connectivity index is 1.56. The molecule has 228 valence electrons. The summed E-state index contributed by atoms with van der Waals surface area (Å²) in [4.78, 5) is 0.210. The van der Waals surface area contributed by atoms with Crippen LogP contribution in [-0.4, -0.2) is 80.8 Å². The van der Waals surface area contributed by atoms with E-state index in [2.05, 4.69) is 4.72 Å². The molecule has 10 heteroatoms. The third-order valence-corrected chi connectivity index (χ3v) is 8.42. The molecule has 0 spiro atoms. The van der Waals surface area contributed by atoms with E-state index in [1.807, 2.05) is 61.5 Å². The molecule has 3 atom stereocenters. The van der Waals surface area contributed by atoms with E-state index >= 15 is 0 Å². The molecule has 1 fully saturated rings. The molecule has 0 saturated carbocycles. The molecular weight excluding hydrogens is 558 g/mol. The fourth-order valence-electron chi connectivity index (χ4n) is 4.75. The van der Waals surface area contributed by atoms with Crippen LogP contribution in [0.4, 0.5) is 0 Å². The van der Waals surface area contributed by atoms with Gasteiger partial charge in [-0.1, -0.05) is 72.3 Å². The standard InChI is InChI=1S/C32H41NO8S/c1-24-13-15-27(16-14-24)42(34,35)33-32(25-9-5-4-6-10-25)28-12-8-7-11-26(28)21-31-40-29(22-38-19-17-36-2)30(41-31)23-39-20-18-37-3/h4-16,29-33H,17-23H2,1-3H3/t29-,30-,32+/m0/s1. The van der Waals surface area contributed by atoms with E-state index in [9.17, 15) is 8.42 Å². The number of methoxy groups -OCH3 is 2. The highest BCUT2D eigenvalue weighted by Gasteiger charge is 2.37. The fourth-order valence-corrected chi connectivity index (χ4v) is 5.95. The topological polar surface area (TPSA) is 102 Å². The van der Waals surface area contributed by atoms with Crippen LogP contribution < -0.4 is 4.72 Å². The Labute approximate surface area is 249 Å². The molecule has 4 rings (SSSR count). The number of nitrogens with one attached hydrogen (secondary N) is 1. The minimum Gasteiger partial charge on any atom is -0.382 e. The third kappa shape index (κ3) is 9.16. The van der Waals surface area contributed by atoms with Gasteiger partial charge in [0.2, 0.25) is 10.0 Å². The second-order valence-corrected chi connectivity index (χ2v) is 11.8. The first-order valence-electron chi connectivity index (χ1n) is 14.1. The van der Waals surface area contributed by atoms with Crippen LogP contribution in [-0.2, 0) is 44.9 Å². The zero-order valence-corrected chi connectivity index (χ0v) is 25.3. The van der Waals surface area contributed by atoms with Crippen molar-refractivity contribution in [3.05, 3.63) is 101 Å². The van der Waals surface area contributed by atoms with Crippen LogP contribution in [0.15, 0.2) is 83.8 Å². The van der Waals surface area contributed by atoms with Crippen LogP contribution in [0.5, 0.6) is 0 Å². The van der Waals surface area contributed by atoms with Gasteiger partial charge in [-0.25, -0.2) is 8.42 Å². The van der Waals surface area contributed by atoms with Crippen molar-refractivity contribution in [2.75, 3.05) is 53.9 Å². The Morgan fingerprint density at radius 3 is 1.93 bits per heavy atom. The molecule has 9 nitrogen and oxygen atoms in total. The average Bonchev–Trinajstić information content (AvgIpc) is 3.38. The molecule has 0 radical (unpaired) electrons. The van der Waals surface area contributed by atoms with Gasteiger partial charge < -0.3 is 28.4 Å². The Hall–Kier alpha value is -2.67. The van der Waals surface area contributed by atoms with Crippen LogP contribution in [0, 0.1) is 6.92 Å². The summed E-state index contributed by atoms with van der Waals surface area (Å²) < 4.78 is 64.3. The van der Waals surface area contributed by atoms with E-state index in [1.54, 1.807) is 38.5 Å². The summed E-state index contributed by atoms with van der Waals surface area (Å²) in [7, 11) is -0.576. The lowest BCUT2D eigenvalue weighted by molar-refractivity contribution is -0.0799. The van der Waals surface area contributed by atoms with Crippen molar-refractivity contribution in [1.82, 2.24) is 4.72 Å². The van der Waals surface area contributed by atoms with Gasteiger partial charge in [0.15, 0.2) is 6.29 Å². The molecule has 1 heterocycles. The first-order valence-corrected chi connectivity index (χ1v) is 15.6. The molecule has 1 saturated heterocycles. The van der Waals surface area contributed by atoms with Crippen LogP contribution in [0.1, 0.15) is 28.3 Å². The largest absolute Gasteiger partial charge is 0.382 e. The van der Waals surface area contributed by atoms with Gasteiger partial charge in [0.25, 0.3) is 0 Å². The first kappa shape index (κ1) is 32.2. The Kier molecular flexibility index (Phi) is 12.5. The highest BCUT2D eigenvalue weighted by molar-refractivity contribution is 7.89. The van der Waals surface area contributed by atoms with Crippen molar-refractivity contribution in [3.8, 4) is 0 Å². The molecule has 0 aromatic heterocycles. The Bertz CT molecular complexity index is 1300. The van der Waals surface area contributed by atoms with Crippen LogP contribution >= 0.6 is 0 Å². The van der Waals surface area contributed by atoms with E-state index in [0.29, 0.717) is 46.1 Å². The molecule has 0 aliphatic carbocycles. The van der Waals surface area contributed by atoms with E-state index in [4.69, 9.17) is 28.4 Å². The Morgan fingerprint density at radius 1 is 0.762 bits per heavy atom. The number of ether oxygens (including phenoxy) is 6. The SMILES string of the molecule is COCCOC[C@@H]1OC(Cc2ccccc2[C@H](NS(=O)(=O)c2ccc(C)cc2)c2ccccc2)O[C@H]1COCCOC. The maximum absolute atomic E-state index is 13.5. The highest BCUT2D eigenvalue weighted by atomic mass is 32.2. The predicted molar refractivity (Wildman–Crippen MR) is 159 cm³/mol. The monoisotopic (exact) mass is 599 g/mol. The van der Waals surface area contributed by atoms with E-state index in [-0.39, 0.29) is 17.1 Å². The van der Waals surface area contributed by atoms with Crippen LogP contribution in [0.25, 0.3) is 0 Å². The zero-order chi connectivity index (χ0) is 29.8. The van der Waals surface area contributed by atoms with Gasteiger partial charge in [-0.15, -0.1) is 0 Å². The van der Waals surface area contributed by atoms with Crippen molar-refractivity contribution in [3.63, 3.8) is 0 Å². The number of hydrogen-bond donors (Lipinski definition) is 1. The summed E-state index contributed by atoms with van der Waals surface area (Å²) in [6, 6.07) is 23.5. The van der Waals surface area contributed by atoms with Gasteiger partial charge in [-0.2, -0.15) is 4.72 Å². The second-order valence-electron chi connectivity index (χ2n) is 10.1. The molecular formula is C32H41NO8S. The summed E-state index contributed by atoms with van der Waals surface area (Å²) in [5, 5.41) is 0. The number of benzene rings is 3. The number of sulfonamides is 1. The van der Waals surface area contributed by atoms with Crippen molar-refractivity contribution in [2.24, 2.45) is 0 Å². The number of aryl methyl sites for hydroxylation is 1. The average molecular weight is 600 g/mol. The molecule has 1 aliphatic heterocycles. The first-order chi connectivity index (χ1) is 20.4. The van der Waals surface area contributed by atoms with Crippen LogP contribution in [0.3, 0.4) is 0 Å². The van der Waals surface area contributed by atoms with Crippen molar-refractivity contribution in [2.45, 2.75) is 42.8 Å². The molecule has 42 heavy (non-hydrogen) atoms. The fraction of sp³-hybridized carbons (Fsp3) is 0.438. The van der Waals surface area contributed by atoms with E-state index < -0.39 is 22.4 Å². The van der Waals surface area contributed by atoms with Gasteiger partial charge in [-0.05, 0) is 35.7 Å². The number of hydrogen-bond acceptors (Lipinski definition) is 8. The van der Waals surface area contributed by atoms with E-state index in [0.717, 1.165) is 22.3 Å². The minimum absolute atomic E-state index is 0.210.